The highest BCUT2D eigenvalue weighted by Crippen LogP contribution is 2.44. The van der Waals surface area contributed by atoms with Crippen molar-refractivity contribution < 1.29 is 0 Å². The molecule has 2 unspecified atom stereocenters. The zero-order valence-electron chi connectivity index (χ0n) is 13.1. The smallest absolute Gasteiger partial charge is 0.0337 e. The summed E-state index contributed by atoms with van der Waals surface area (Å²) in [6.07, 6.45) is 3.99. The molecule has 1 saturated carbocycles. The lowest BCUT2D eigenvalue weighted by atomic mass is 9.87. The van der Waals surface area contributed by atoms with E-state index in [0.717, 1.165) is 18.9 Å². The van der Waals surface area contributed by atoms with Gasteiger partial charge in [0, 0.05) is 30.7 Å². The van der Waals surface area contributed by atoms with E-state index in [4.69, 9.17) is 0 Å². The summed E-state index contributed by atoms with van der Waals surface area (Å²) in [5.74, 6) is 0.912. The van der Waals surface area contributed by atoms with Gasteiger partial charge in [0.25, 0.3) is 0 Å². The van der Waals surface area contributed by atoms with Gasteiger partial charge in [-0.3, -0.25) is 4.90 Å². The van der Waals surface area contributed by atoms with E-state index in [0.29, 0.717) is 17.6 Å². The van der Waals surface area contributed by atoms with Crippen LogP contribution in [0.15, 0.2) is 30.3 Å². The first-order chi connectivity index (χ1) is 9.59. The predicted molar refractivity (Wildman–Crippen MR) is 84.9 cm³/mol. The predicted octanol–water partition coefficient (Wildman–Crippen LogP) is 3.08. The van der Waals surface area contributed by atoms with Crippen molar-refractivity contribution in [2.75, 3.05) is 13.1 Å². The van der Waals surface area contributed by atoms with Crippen LogP contribution < -0.4 is 5.32 Å². The number of nitrogens with one attached hydrogen (secondary N) is 1. The third kappa shape index (κ3) is 2.77. The molecular formula is C18H28N2. The van der Waals surface area contributed by atoms with Crippen LogP contribution in [0.1, 0.15) is 39.2 Å². The average Bonchev–Trinajstić information content (AvgIpc) is 3.27. The Labute approximate surface area is 123 Å². The Morgan fingerprint density at radius 3 is 2.55 bits per heavy atom. The molecule has 20 heavy (non-hydrogen) atoms. The summed E-state index contributed by atoms with van der Waals surface area (Å²) in [7, 11) is 0. The number of nitrogens with zero attached hydrogens (tertiary/aromatic N) is 1. The highest BCUT2D eigenvalue weighted by Gasteiger charge is 2.48. The Bertz CT molecular complexity index is 438. The normalized spacial score (nSPS) is 31.7. The molecule has 1 aromatic carbocycles. The molecule has 0 radical (unpaired) electrons. The van der Waals surface area contributed by atoms with Crippen LogP contribution in [0.5, 0.6) is 0 Å². The quantitative estimate of drug-likeness (QED) is 0.906. The highest BCUT2D eigenvalue weighted by molar-refractivity contribution is 5.17. The molecule has 2 aliphatic rings. The summed E-state index contributed by atoms with van der Waals surface area (Å²) in [5, 5.41) is 3.82. The van der Waals surface area contributed by atoms with E-state index in [-0.39, 0.29) is 0 Å². The lowest BCUT2D eigenvalue weighted by molar-refractivity contribution is 0.00942. The summed E-state index contributed by atoms with van der Waals surface area (Å²) in [5.41, 5.74) is 1.82. The molecule has 2 heteroatoms. The Kier molecular flexibility index (Phi) is 3.87. The van der Waals surface area contributed by atoms with Crippen molar-refractivity contribution in [3.05, 3.63) is 35.9 Å². The fourth-order valence-electron chi connectivity index (χ4n) is 3.88. The van der Waals surface area contributed by atoms with Crippen molar-refractivity contribution in [2.45, 2.75) is 57.7 Å². The molecule has 1 aromatic rings. The lowest BCUT2D eigenvalue weighted by Crippen LogP contribution is -2.66. The van der Waals surface area contributed by atoms with Crippen LogP contribution in [0.25, 0.3) is 0 Å². The zero-order chi connectivity index (χ0) is 14.2. The molecule has 2 atom stereocenters. The Balaban J connectivity index is 1.69. The second kappa shape index (κ2) is 5.50. The van der Waals surface area contributed by atoms with Gasteiger partial charge in [-0.25, -0.2) is 0 Å². The Morgan fingerprint density at radius 1 is 1.25 bits per heavy atom. The second-order valence-electron chi connectivity index (χ2n) is 7.15. The summed E-state index contributed by atoms with van der Waals surface area (Å²) in [4.78, 5) is 2.76. The van der Waals surface area contributed by atoms with Crippen molar-refractivity contribution in [3.63, 3.8) is 0 Å². The van der Waals surface area contributed by atoms with Crippen molar-refractivity contribution in [2.24, 2.45) is 5.92 Å². The van der Waals surface area contributed by atoms with E-state index in [1.54, 1.807) is 0 Å². The molecule has 0 aromatic heterocycles. The van der Waals surface area contributed by atoms with Crippen LogP contribution >= 0.6 is 0 Å². The maximum Gasteiger partial charge on any atom is 0.0337 e. The fourth-order valence-corrected chi connectivity index (χ4v) is 3.88. The van der Waals surface area contributed by atoms with Gasteiger partial charge in [-0.1, -0.05) is 30.3 Å². The molecule has 1 aliphatic heterocycles. The van der Waals surface area contributed by atoms with Crippen molar-refractivity contribution in [3.8, 4) is 0 Å². The first-order valence-corrected chi connectivity index (χ1v) is 8.13. The number of hydrogen-bond donors (Lipinski definition) is 1. The van der Waals surface area contributed by atoms with Gasteiger partial charge in [0.15, 0.2) is 0 Å². The minimum atomic E-state index is 0.376. The molecule has 1 aliphatic carbocycles. The van der Waals surface area contributed by atoms with Gasteiger partial charge in [0.2, 0.25) is 0 Å². The molecule has 110 valence electrons. The molecule has 0 spiro atoms. The van der Waals surface area contributed by atoms with Gasteiger partial charge in [0.05, 0.1) is 0 Å². The molecular weight excluding hydrogens is 244 g/mol. The van der Waals surface area contributed by atoms with E-state index >= 15 is 0 Å². The minimum absolute atomic E-state index is 0.376. The summed E-state index contributed by atoms with van der Waals surface area (Å²) >= 11 is 0. The van der Waals surface area contributed by atoms with Crippen LogP contribution in [-0.4, -0.2) is 35.6 Å². The maximum absolute atomic E-state index is 3.82. The molecule has 2 fully saturated rings. The second-order valence-corrected chi connectivity index (χ2v) is 7.15. The van der Waals surface area contributed by atoms with Gasteiger partial charge in [-0.05, 0) is 51.5 Å². The van der Waals surface area contributed by atoms with Gasteiger partial charge in [-0.15, -0.1) is 0 Å². The summed E-state index contributed by atoms with van der Waals surface area (Å²) in [6.45, 7) is 9.50. The standard InChI is InChI=1S/C18H28N2/c1-14(2)20-12-17(11-15-7-5-4-6-8-15)19-13-18(20,3)16-9-10-16/h4-8,14,16-17,19H,9-13H2,1-3H3. The van der Waals surface area contributed by atoms with Crippen LogP contribution in [0.2, 0.25) is 0 Å². The number of hydrogen-bond acceptors (Lipinski definition) is 2. The Morgan fingerprint density at radius 2 is 1.95 bits per heavy atom. The first kappa shape index (κ1) is 14.1. The molecule has 1 heterocycles. The van der Waals surface area contributed by atoms with E-state index in [9.17, 15) is 0 Å². The van der Waals surface area contributed by atoms with E-state index < -0.39 is 0 Å². The molecule has 1 N–H and O–H groups in total. The first-order valence-electron chi connectivity index (χ1n) is 8.13. The van der Waals surface area contributed by atoms with Crippen LogP contribution in [-0.2, 0) is 6.42 Å². The molecule has 0 amide bonds. The maximum atomic E-state index is 3.82. The van der Waals surface area contributed by atoms with Crippen molar-refractivity contribution in [1.82, 2.24) is 10.2 Å². The number of rotatable bonds is 4. The van der Waals surface area contributed by atoms with Gasteiger partial charge in [0.1, 0.15) is 0 Å². The van der Waals surface area contributed by atoms with Crippen molar-refractivity contribution in [1.29, 1.82) is 0 Å². The number of piperazine rings is 1. The molecule has 2 nitrogen and oxygen atoms in total. The third-order valence-corrected chi connectivity index (χ3v) is 5.23. The fraction of sp³-hybridized carbons (Fsp3) is 0.667. The zero-order valence-corrected chi connectivity index (χ0v) is 13.1. The molecule has 0 bridgehead atoms. The SMILES string of the molecule is CC(C)N1CC(Cc2ccccc2)NCC1(C)C1CC1. The highest BCUT2D eigenvalue weighted by atomic mass is 15.3. The van der Waals surface area contributed by atoms with E-state index in [1.807, 2.05) is 0 Å². The van der Waals surface area contributed by atoms with Crippen LogP contribution in [0.4, 0.5) is 0 Å². The Hall–Kier alpha value is -0.860. The number of benzene rings is 1. The van der Waals surface area contributed by atoms with E-state index in [2.05, 4.69) is 61.3 Å². The van der Waals surface area contributed by atoms with Crippen LogP contribution in [0, 0.1) is 5.92 Å². The topological polar surface area (TPSA) is 15.3 Å². The molecule has 1 saturated heterocycles. The van der Waals surface area contributed by atoms with E-state index in [1.165, 1.54) is 24.9 Å². The summed E-state index contributed by atoms with van der Waals surface area (Å²) in [6, 6.07) is 12.1. The van der Waals surface area contributed by atoms with Gasteiger partial charge < -0.3 is 5.32 Å². The van der Waals surface area contributed by atoms with Crippen LogP contribution in [0.3, 0.4) is 0 Å². The average molecular weight is 272 g/mol. The lowest BCUT2D eigenvalue weighted by Gasteiger charge is -2.51. The largest absolute Gasteiger partial charge is 0.311 e. The monoisotopic (exact) mass is 272 g/mol. The molecule has 3 rings (SSSR count). The van der Waals surface area contributed by atoms with Gasteiger partial charge >= 0.3 is 0 Å². The third-order valence-electron chi connectivity index (χ3n) is 5.23. The van der Waals surface area contributed by atoms with Gasteiger partial charge in [-0.2, -0.15) is 0 Å². The summed E-state index contributed by atoms with van der Waals surface area (Å²) < 4.78 is 0. The minimum Gasteiger partial charge on any atom is -0.311 e. The van der Waals surface area contributed by atoms with Crippen molar-refractivity contribution >= 4 is 0 Å².